The molecule has 0 spiro atoms. The van der Waals surface area contributed by atoms with Gasteiger partial charge in [-0.25, -0.2) is 0 Å². The van der Waals surface area contributed by atoms with Crippen LogP contribution in [0.1, 0.15) is 96.0 Å². The summed E-state index contributed by atoms with van der Waals surface area (Å²) in [4.78, 5) is 11.8. The first kappa shape index (κ1) is 22.5. The number of phenolic OH excluding ortho intramolecular Hbond substituents is 1. The Morgan fingerprint density at radius 1 is 0.808 bits per heavy atom. The van der Waals surface area contributed by atoms with Crippen molar-refractivity contribution in [1.82, 2.24) is 5.32 Å². The van der Waals surface area contributed by atoms with Crippen LogP contribution in [0.15, 0.2) is 24.3 Å². The number of nitrogens with one attached hydrogen (secondary N) is 1. The van der Waals surface area contributed by atoms with Crippen LogP contribution in [-0.4, -0.2) is 17.6 Å². The molecule has 1 aromatic carbocycles. The summed E-state index contributed by atoms with van der Waals surface area (Å²) < 4.78 is 0. The monoisotopic (exact) mass is 361 g/mol. The highest BCUT2D eigenvalue weighted by atomic mass is 16.3. The third-order valence-electron chi connectivity index (χ3n) is 4.93. The summed E-state index contributed by atoms with van der Waals surface area (Å²) in [6, 6.07) is 7.16. The Bertz CT molecular complexity index is 456. The summed E-state index contributed by atoms with van der Waals surface area (Å²) in [6.45, 7) is 2.93. The minimum absolute atomic E-state index is 0.163. The van der Waals surface area contributed by atoms with Gasteiger partial charge < -0.3 is 10.4 Å². The Kier molecular flexibility index (Phi) is 13.6. The molecule has 1 amide bonds. The van der Waals surface area contributed by atoms with Gasteiger partial charge in [0.15, 0.2) is 0 Å². The first-order valence-corrected chi connectivity index (χ1v) is 10.8. The van der Waals surface area contributed by atoms with Crippen molar-refractivity contribution in [3.05, 3.63) is 29.8 Å². The molecule has 0 radical (unpaired) electrons. The van der Waals surface area contributed by atoms with Gasteiger partial charge in [-0.1, -0.05) is 89.7 Å². The Balaban J connectivity index is 1.84. The molecule has 0 fully saturated rings. The lowest BCUT2D eigenvalue weighted by Crippen LogP contribution is -2.25. The van der Waals surface area contributed by atoms with Crippen molar-refractivity contribution >= 4 is 5.91 Å². The molecule has 0 saturated heterocycles. The highest BCUT2D eigenvalue weighted by molar-refractivity contribution is 5.75. The molecule has 2 N–H and O–H groups in total. The van der Waals surface area contributed by atoms with E-state index in [0.717, 1.165) is 18.4 Å². The van der Waals surface area contributed by atoms with Crippen LogP contribution in [0.5, 0.6) is 5.75 Å². The Labute approximate surface area is 160 Å². The zero-order chi connectivity index (χ0) is 18.9. The number of aromatic hydroxyl groups is 1. The third-order valence-corrected chi connectivity index (χ3v) is 4.93. The summed E-state index contributed by atoms with van der Waals surface area (Å²) in [7, 11) is 0. The quantitative estimate of drug-likeness (QED) is 0.347. The van der Waals surface area contributed by atoms with Gasteiger partial charge in [0, 0.05) is 13.0 Å². The lowest BCUT2D eigenvalue weighted by atomic mass is 10.0. The average molecular weight is 362 g/mol. The van der Waals surface area contributed by atoms with Crippen molar-refractivity contribution in [2.45, 2.75) is 96.8 Å². The number of carbonyl (C=O) groups excluding carboxylic acids is 1. The van der Waals surface area contributed by atoms with Crippen LogP contribution in [0.2, 0.25) is 0 Å². The molecule has 0 atom stereocenters. The summed E-state index contributed by atoms with van der Waals surface area (Å²) in [5.74, 6) is 0.445. The molecule has 0 unspecified atom stereocenters. The van der Waals surface area contributed by atoms with E-state index in [0.29, 0.717) is 13.0 Å². The molecule has 1 rings (SSSR count). The molecule has 0 bridgehead atoms. The van der Waals surface area contributed by atoms with E-state index in [9.17, 15) is 9.90 Å². The minimum atomic E-state index is 0.163. The van der Waals surface area contributed by atoms with Gasteiger partial charge in [-0.05, 0) is 30.5 Å². The van der Waals surface area contributed by atoms with Crippen molar-refractivity contribution in [2.24, 2.45) is 0 Å². The van der Waals surface area contributed by atoms with E-state index in [1.807, 2.05) is 12.1 Å². The van der Waals surface area contributed by atoms with Crippen molar-refractivity contribution in [3.63, 3.8) is 0 Å². The van der Waals surface area contributed by atoms with Gasteiger partial charge in [0.1, 0.15) is 5.75 Å². The molecule has 0 aromatic heterocycles. The van der Waals surface area contributed by atoms with Crippen LogP contribution >= 0.6 is 0 Å². The number of unbranched alkanes of at least 4 members (excludes halogenated alkanes) is 11. The fraction of sp³-hybridized carbons (Fsp3) is 0.696. The zero-order valence-corrected chi connectivity index (χ0v) is 16.8. The van der Waals surface area contributed by atoms with E-state index in [2.05, 4.69) is 12.2 Å². The molecular weight excluding hydrogens is 322 g/mol. The molecule has 0 aliphatic heterocycles. The zero-order valence-electron chi connectivity index (χ0n) is 16.8. The Morgan fingerprint density at radius 2 is 1.31 bits per heavy atom. The maximum absolute atomic E-state index is 11.8. The smallest absolute Gasteiger partial charge is 0.220 e. The van der Waals surface area contributed by atoms with Crippen LogP contribution < -0.4 is 5.32 Å². The molecule has 26 heavy (non-hydrogen) atoms. The van der Waals surface area contributed by atoms with E-state index in [1.54, 1.807) is 12.1 Å². The predicted molar refractivity (Wildman–Crippen MR) is 111 cm³/mol. The standard InChI is InChI=1S/C23H39NO2/c1-2-3-4-5-6-7-8-9-10-11-12-13-14-23(26)24-20-19-21-15-17-22(25)18-16-21/h15-18,25H,2-14,19-20H2,1H3,(H,24,26). The van der Waals surface area contributed by atoms with Gasteiger partial charge in [0.05, 0.1) is 0 Å². The summed E-state index contributed by atoms with van der Waals surface area (Å²) in [6.07, 6.45) is 17.3. The number of hydrogen-bond acceptors (Lipinski definition) is 2. The first-order chi connectivity index (χ1) is 12.7. The SMILES string of the molecule is CCCCCCCCCCCCCCC(=O)NCCc1ccc(O)cc1. The maximum Gasteiger partial charge on any atom is 0.220 e. The molecule has 0 saturated carbocycles. The summed E-state index contributed by atoms with van der Waals surface area (Å²) >= 11 is 0. The molecule has 1 aromatic rings. The number of rotatable bonds is 16. The van der Waals surface area contributed by atoms with Crippen LogP contribution in [0, 0.1) is 0 Å². The predicted octanol–water partition coefficient (Wildman–Crippen LogP) is 6.14. The van der Waals surface area contributed by atoms with Gasteiger partial charge in [0.25, 0.3) is 0 Å². The van der Waals surface area contributed by atoms with Crippen molar-refractivity contribution in [2.75, 3.05) is 6.54 Å². The van der Waals surface area contributed by atoms with E-state index < -0.39 is 0 Å². The average Bonchev–Trinajstić information content (AvgIpc) is 2.64. The molecule has 0 heterocycles. The fourth-order valence-corrected chi connectivity index (χ4v) is 3.22. The fourth-order valence-electron chi connectivity index (χ4n) is 3.22. The molecular formula is C23H39NO2. The second-order valence-corrected chi connectivity index (χ2v) is 7.41. The van der Waals surface area contributed by atoms with Gasteiger partial charge in [-0.15, -0.1) is 0 Å². The summed E-state index contributed by atoms with van der Waals surface area (Å²) in [5.41, 5.74) is 1.13. The summed E-state index contributed by atoms with van der Waals surface area (Å²) in [5, 5.41) is 12.2. The second-order valence-electron chi connectivity index (χ2n) is 7.41. The lowest BCUT2D eigenvalue weighted by molar-refractivity contribution is -0.121. The van der Waals surface area contributed by atoms with Crippen LogP contribution in [0.4, 0.5) is 0 Å². The lowest BCUT2D eigenvalue weighted by Gasteiger charge is -2.06. The van der Waals surface area contributed by atoms with Crippen molar-refractivity contribution in [1.29, 1.82) is 0 Å². The number of carbonyl (C=O) groups is 1. The largest absolute Gasteiger partial charge is 0.508 e. The number of amides is 1. The van der Waals surface area contributed by atoms with Crippen molar-refractivity contribution in [3.8, 4) is 5.75 Å². The maximum atomic E-state index is 11.8. The first-order valence-electron chi connectivity index (χ1n) is 10.8. The second kappa shape index (κ2) is 15.7. The molecule has 0 aliphatic carbocycles. The highest BCUT2D eigenvalue weighted by Gasteiger charge is 2.01. The van der Waals surface area contributed by atoms with Crippen LogP contribution in [-0.2, 0) is 11.2 Å². The number of benzene rings is 1. The number of hydrogen-bond donors (Lipinski definition) is 2. The van der Waals surface area contributed by atoms with E-state index in [1.165, 1.54) is 70.6 Å². The topological polar surface area (TPSA) is 49.3 Å². The number of phenols is 1. The highest BCUT2D eigenvalue weighted by Crippen LogP contribution is 2.12. The van der Waals surface area contributed by atoms with Gasteiger partial charge in [-0.3, -0.25) is 4.79 Å². The van der Waals surface area contributed by atoms with Gasteiger partial charge >= 0.3 is 0 Å². The van der Waals surface area contributed by atoms with Gasteiger partial charge in [-0.2, -0.15) is 0 Å². The molecule has 0 aliphatic rings. The molecule has 3 heteroatoms. The van der Waals surface area contributed by atoms with Crippen LogP contribution in [0.3, 0.4) is 0 Å². The van der Waals surface area contributed by atoms with Crippen LogP contribution in [0.25, 0.3) is 0 Å². The minimum Gasteiger partial charge on any atom is -0.508 e. The van der Waals surface area contributed by atoms with Gasteiger partial charge in [0.2, 0.25) is 5.91 Å². The van der Waals surface area contributed by atoms with E-state index in [4.69, 9.17) is 0 Å². The normalized spacial score (nSPS) is 10.8. The van der Waals surface area contributed by atoms with E-state index >= 15 is 0 Å². The third kappa shape index (κ3) is 12.8. The Morgan fingerprint density at radius 3 is 1.85 bits per heavy atom. The Hall–Kier alpha value is -1.51. The van der Waals surface area contributed by atoms with E-state index in [-0.39, 0.29) is 11.7 Å². The molecule has 148 valence electrons. The molecule has 3 nitrogen and oxygen atoms in total. The van der Waals surface area contributed by atoms with Crippen molar-refractivity contribution < 1.29 is 9.90 Å².